The molecule has 2 aromatic carbocycles. The summed E-state index contributed by atoms with van der Waals surface area (Å²) in [6.45, 7) is 0.447. The number of amides is 1. The van der Waals surface area contributed by atoms with Crippen molar-refractivity contribution in [1.29, 1.82) is 0 Å². The average molecular weight is 387 g/mol. The van der Waals surface area contributed by atoms with Gasteiger partial charge in [-0.1, -0.05) is 35.0 Å². The number of aromatic nitrogens is 1. The standard InChI is InChI=1S/C20H19ClN2O4/c1-25-17-8-7-13(11-19(17)26-2)9-10-22-20(24)16-12-18(27-23-16)14-5-3-4-6-15(14)21/h3-8,11-12H,9-10H2,1-2H3,(H,22,24). The summed E-state index contributed by atoms with van der Waals surface area (Å²) >= 11 is 6.14. The number of carbonyl (C=O) groups is 1. The molecule has 6 nitrogen and oxygen atoms in total. The number of methoxy groups -OCH3 is 2. The second kappa shape index (κ2) is 8.60. The Balaban J connectivity index is 1.60. The van der Waals surface area contributed by atoms with Crippen LogP contribution in [0.1, 0.15) is 16.1 Å². The predicted octanol–water partition coefficient (Wildman–Crippen LogP) is 3.98. The van der Waals surface area contributed by atoms with Crippen LogP contribution in [0.5, 0.6) is 11.5 Å². The summed E-state index contributed by atoms with van der Waals surface area (Å²) in [5.41, 5.74) is 1.91. The Labute approximate surface area is 162 Å². The SMILES string of the molecule is COc1ccc(CCNC(=O)c2cc(-c3ccccc3Cl)on2)cc1OC. The van der Waals surface area contributed by atoms with E-state index in [-0.39, 0.29) is 11.6 Å². The van der Waals surface area contributed by atoms with Gasteiger partial charge in [0.25, 0.3) is 5.91 Å². The summed E-state index contributed by atoms with van der Waals surface area (Å²) in [6, 6.07) is 14.5. The number of halogens is 1. The highest BCUT2D eigenvalue weighted by molar-refractivity contribution is 6.33. The fourth-order valence-corrected chi connectivity index (χ4v) is 2.85. The molecule has 0 fully saturated rings. The van der Waals surface area contributed by atoms with Crippen LogP contribution in [0, 0.1) is 0 Å². The molecule has 0 aliphatic heterocycles. The predicted molar refractivity (Wildman–Crippen MR) is 103 cm³/mol. The van der Waals surface area contributed by atoms with Crippen LogP contribution in [-0.2, 0) is 6.42 Å². The molecular weight excluding hydrogens is 368 g/mol. The third kappa shape index (κ3) is 4.41. The zero-order valence-electron chi connectivity index (χ0n) is 15.0. The van der Waals surface area contributed by atoms with Crippen LogP contribution in [0.15, 0.2) is 53.1 Å². The summed E-state index contributed by atoms with van der Waals surface area (Å²) in [5.74, 6) is 1.46. The number of nitrogens with one attached hydrogen (secondary N) is 1. The quantitative estimate of drug-likeness (QED) is 0.664. The van der Waals surface area contributed by atoms with Crippen molar-refractivity contribution in [3.05, 3.63) is 64.8 Å². The molecule has 1 N–H and O–H groups in total. The molecule has 0 saturated carbocycles. The second-order valence-electron chi connectivity index (χ2n) is 5.75. The highest BCUT2D eigenvalue weighted by Gasteiger charge is 2.15. The van der Waals surface area contributed by atoms with Crippen molar-refractivity contribution in [2.24, 2.45) is 0 Å². The third-order valence-electron chi connectivity index (χ3n) is 4.03. The van der Waals surface area contributed by atoms with E-state index in [9.17, 15) is 4.79 Å². The van der Waals surface area contributed by atoms with E-state index in [0.29, 0.717) is 40.8 Å². The third-order valence-corrected chi connectivity index (χ3v) is 4.36. The number of carbonyl (C=O) groups excluding carboxylic acids is 1. The maximum Gasteiger partial charge on any atom is 0.273 e. The minimum Gasteiger partial charge on any atom is -0.493 e. The molecule has 27 heavy (non-hydrogen) atoms. The van der Waals surface area contributed by atoms with Crippen molar-refractivity contribution in [2.45, 2.75) is 6.42 Å². The van der Waals surface area contributed by atoms with Crippen LogP contribution < -0.4 is 14.8 Å². The van der Waals surface area contributed by atoms with Gasteiger partial charge in [-0.05, 0) is 36.2 Å². The number of nitrogens with zero attached hydrogens (tertiary/aromatic N) is 1. The second-order valence-corrected chi connectivity index (χ2v) is 6.16. The summed E-state index contributed by atoms with van der Waals surface area (Å²) < 4.78 is 15.7. The molecule has 0 aliphatic carbocycles. The van der Waals surface area contributed by atoms with Crippen molar-refractivity contribution >= 4 is 17.5 Å². The molecule has 1 heterocycles. The topological polar surface area (TPSA) is 73.6 Å². The molecule has 1 amide bonds. The summed E-state index contributed by atoms with van der Waals surface area (Å²) in [4.78, 5) is 12.3. The average Bonchev–Trinajstić information content (AvgIpc) is 3.18. The van der Waals surface area contributed by atoms with Gasteiger partial charge in [-0.3, -0.25) is 4.79 Å². The van der Waals surface area contributed by atoms with Crippen LogP contribution in [0.3, 0.4) is 0 Å². The minimum atomic E-state index is -0.308. The molecule has 0 spiro atoms. The van der Waals surface area contributed by atoms with Gasteiger partial charge >= 0.3 is 0 Å². The fourth-order valence-electron chi connectivity index (χ4n) is 2.62. The number of hydrogen-bond donors (Lipinski definition) is 1. The lowest BCUT2D eigenvalue weighted by molar-refractivity contribution is 0.0945. The molecular formula is C20H19ClN2O4. The Bertz CT molecular complexity index is 939. The van der Waals surface area contributed by atoms with E-state index in [1.807, 2.05) is 36.4 Å². The number of hydrogen-bond acceptors (Lipinski definition) is 5. The van der Waals surface area contributed by atoms with E-state index in [4.69, 9.17) is 25.6 Å². The Morgan fingerprint density at radius 2 is 1.89 bits per heavy atom. The molecule has 0 atom stereocenters. The number of rotatable bonds is 7. The molecule has 7 heteroatoms. The van der Waals surface area contributed by atoms with Gasteiger partial charge in [-0.15, -0.1) is 0 Å². The molecule has 0 saturated heterocycles. The normalized spacial score (nSPS) is 10.5. The number of benzene rings is 2. The van der Waals surface area contributed by atoms with E-state index >= 15 is 0 Å². The van der Waals surface area contributed by atoms with E-state index in [1.54, 1.807) is 26.4 Å². The van der Waals surface area contributed by atoms with Gasteiger partial charge in [0.1, 0.15) is 0 Å². The molecule has 0 radical (unpaired) electrons. The van der Waals surface area contributed by atoms with E-state index < -0.39 is 0 Å². The van der Waals surface area contributed by atoms with Crippen molar-refractivity contribution in [1.82, 2.24) is 10.5 Å². The Hall–Kier alpha value is -2.99. The molecule has 140 valence electrons. The highest BCUT2D eigenvalue weighted by atomic mass is 35.5. The first-order valence-electron chi connectivity index (χ1n) is 8.33. The lowest BCUT2D eigenvalue weighted by Gasteiger charge is -2.09. The molecule has 1 aromatic heterocycles. The summed E-state index contributed by atoms with van der Waals surface area (Å²) in [6.07, 6.45) is 0.640. The van der Waals surface area contributed by atoms with Crippen LogP contribution in [0.4, 0.5) is 0 Å². The van der Waals surface area contributed by atoms with Crippen LogP contribution in [0.25, 0.3) is 11.3 Å². The van der Waals surface area contributed by atoms with E-state index in [0.717, 1.165) is 5.56 Å². The zero-order chi connectivity index (χ0) is 19.2. The summed E-state index contributed by atoms with van der Waals surface area (Å²) in [7, 11) is 3.18. The first kappa shape index (κ1) is 18.8. The molecule has 3 rings (SSSR count). The largest absolute Gasteiger partial charge is 0.493 e. The fraction of sp³-hybridized carbons (Fsp3) is 0.200. The van der Waals surface area contributed by atoms with E-state index in [2.05, 4.69) is 10.5 Å². The van der Waals surface area contributed by atoms with Crippen molar-refractivity contribution in [3.63, 3.8) is 0 Å². The molecule has 3 aromatic rings. The van der Waals surface area contributed by atoms with Gasteiger partial charge in [0, 0.05) is 18.2 Å². The van der Waals surface area contributed by atoms with Crippen LogP contribution in [0.2, 0.25) is 5.02 Å². The van der Waals surface area contributed by atoms with Gasteiger partial charge in [0.05, 0.1) is 19.2 Å². The van der Waals surface area contributed by atoms with E-state index in [1.165, 1.54) is 0 Å². The Kier molecular flexibility index (Phi) is 5.98. The minimum absolute atomic E-state index is 0.206. The maximum atomic E-state index is 12.3. The van der Waals surface area contributed by atoms with Gasteiger partial charge in [0.15, 0.2) is 23.0 Å². The van der Waals surface area contributed by atoms with Crippen molar-refractivity contribution in [3.8, 4) is 22.8 Å². The van der Waals surface area contributed by atoms with Gasteiger partial charge in [-0.2, -0.15) is 0 Å². The molecule has 0 unspecified atom stereocenters. The Morgan fingerprint density at radius 3 is 2.63 bits per heavy atom. The lowest BCUT2D eigenvalue weighted by atomic mass is 10.1. The van der Waals surface area contributed by atoms with Crippen LogP contribution in [-0.4, -0.2) is 31.8 Å². The molecule has 0 bridgehead atoms. The maximum absolute atomic E-state index is 12.3. The van der Waals surface area contributed by atoms with Gasteiger partial charge < -0.3 is 19.3 Å². The van der Waals surface area contributed by atoms with Crippen LogP contribution >= 0.6 is 11.6 Å². The first-order chi connectivity index (χ1) is 13.1. The number of ether oxygens (including phenoxy) is 2. The Morgan fingerprint density at radius 1 is 1.11 bits per heavy atom. The molecule has 0 aliphatic rings. The van der Waals surface area contributed by atoms with Crippen molar-refractivity contribution < 1.29 is 18.8 Å². The lowest BCUT2D eigenvalue weighted by Crippen LogP contribution is -2.25. The van der Waals surface area contributed by atoms with Crippen molar-refractivity contribution in [2.75, 3.05) is 20.8 Å². The summed E-state index contributed by atoms with van der Waals surface area (Å²) in [5, 5.41) is 7.19. The van der Waals surface area contributed by atoms with Gasteiger partial charge in [0.2, 0.25) is 0 Å². The smallest absolute Gasteiger partial charge is 0.273 e. The first-order valence-corrected chi connectivity index (χ1v) is 8.71. The van der Waals surface area contributed by atoms with Gasteiger partial charge in [-0.25, -0.2) is 0 Å². The zero-order valence-corrected chi connectivity index (χ0v) is 15.7. The highest BCUT2D eigenvalue weighted by Crippen LogP contribution is 2.28. The monoisotopic (exact) mass is 386 g/mol.